The molecule has 0 aromatic heterocycles. The smallest absolute Gasteiger partial charge is 0.206 e. The van der Waals surface area contributed by atoms with Gasteiger partial charge in [-0.25, -0.2) is 8.42 Å². The van der Waals surface area contributed by atoms with Crippen LogP contribution in [0.3, 0.4) is 0 Å². The van der Waals surface area contributed by atoms with Gasteiger partial charge in [0.25, 0.3) is 0 Å². The van der Waals surface area contributed by atoms with Gasteiger partial charge < -0.3 is 0 Å². The van der Waals surface area contributed by atoms with Gasteiger partial charge in [0.05, 0.1) is 9.79 Å². The summed E-state index contributed by atoms with van der Waals surface area (Å²) in [6.45, 7) is 0. The molecule has 0 saturated heterocycles. The summed E-state index contributed by atoms with van der Waals surface area (Å²) in [5.41, 5.74) is 2.10. The van der Waals surface area contributed by atoms with Crippen molar-refractivity contribution in [2.24, 2.45) is 0 Å². The molecule has 0 aliphatic rings. The molecule has 2 nitrogen and oxygen atoms in total. The van der Waals surface area contributed by atoms with Gasteiger partial charge in [-0.2, -0.15) is 0 Å². The summed E-state index contributed by atoms with van der Waals surface area (Å²) in [6, 6.07) is 13.8. The van der Waals surface area contributed by atoms with Crippen LogP contribution in [0.25, 0.3) is 0 Å². The first-order chi connectivity index (χ1) is 8.00. The maximum Gasteiger partial charge on any atom is 0.206 e. The Morgan fingerprint density at radius 1 is 0.647 bits per heavy atom. The average molecular weight is 242 g/mol. The summed E-state index contributed by atoms with van der Waals surface area (Å²) in [6.07, 6.45) is 0. The second kappa shape index (κ2) is 4.41. The fraction of sp³-hybridized carbons (Fsp3) is 0. The number of rotatable bonds is 2. The van der Waals surface area contributed by atoms with Crippen LogP contribution < -0.4 is 10.9 Å². The Bertz CT molecular complexity index is 565. The van der Waals surface area contributed by atoms with Gasteiger partial charge in [-0.3, -0.25) is 0 Å². The highest BCUT2D eigenvalue weighted by Crippen LogP contribution is 2.18. The van der Waals surface area contributed by atoms with Crippen LogP contribution >= 0.6 is 0 Å². The minimum atomic E-state index is -3.37. The Kier molecular flexibility index (Phi) is 3.11. The fourth-order valence-electron chi connectivity index (χ4n) is 1.57. The Labute approximate surface area is 103 Å². The Balaban J connectivity index is 2.50. The summed E-state index contributed by atoms with van der Waals surface area (Å²) in [5.74, 6) is 0. The van der Waals surface area contributed by atoms with Crippen molar-refractivity contribution in [2.75, 3.05) is 0 Å². The zero-order valence-corrected chi connectivity index (χ0v) is 10.7. The lowest BCUT2D eigenvalue weighted by Crippen LogP contribution is -2.08. The molecule has 0 spiro atoms. The summed E-state index contributed by atoms with van der Waals surface area (Å²) < 4.78 is 24.5. The van der Waals surface area contributed by atoms with E-state index in [0.29, 0.717) is 9.79 Å². The first-order valence-electron chi connectivity index (χ1n) is 5.38. The van der Waals surface area contributed by atoms with Gasteiger partial charge in [0.1, 0.15) is 15.7 Å². The number of benzene rings is 2. The van der Waals surface area contributed by atoms with E-state index in [1.807, 2.05) is 15.7 Å². The van der Waals surface area contributed by atoms with E-state index in [1.54, 1.807) is 48.5 Å². The highest BCUT2D eigenvalue weighted by Gasteiger charge is 2.16. The molecule has 0 fully saturated rings. The predicted octanol–water partition coefficient (Wildman–Crippen LogP) is -0.964. The lowest BCUT2D eigenvalue weighted by atomic mass is 9.97. The number of hydrogen-bond donors (Lipinski definition) is 0. The van der Waals surface area contributed by atoms with Crippen LogP contribution in [0.15, 0.2) is 58.3 Å². The van der Waals surface area contributed by atoms with Crippen LogP contribution in [0.5, 0.6) is 0 Å². The van der Waals surface area contributed by atoms with Crippen LogP contribution in [-0.4, -0.2) is 24.1 Å². The normalized spacial score (nSPS) is 11.3. The van der Waals surface area contributed by atoms with E-state index < -0.39 is 9.84 Å². The highest BCUT2D eigenvalue weighted by molar-refractivity contribution is 7.91. The van der Waals surface area contributed by atoms with Crippen molar-refractivity contribution in [3.63, 3.8) is 0 Å². The Morgan fingerprint density at radius 3 is 1.24 bits per heavy atom. The Morgan fingerprint density at radius 2 is 0.941 bits per heavy atom. The second-order valence-corrected chi connectivity index (χ2v) is 6.08. The number of sulfone groups is 1. The van der Waals surface area contributed by atoms with E-state index in [2.05, 4.69) is 0 Å². The zero-order chi connectivity index (χ0) is 12.5. The van der Waals surface area contributed by atoms with Crippen molar-refractivity contribution in [1.82, 2.24) is 0 Å². The molecular weight excluding hydrogens is 230 g/mol. The molecule has 0 radical (unpaired) electrons. The molecular formula is C12H12B2O2S. The van der Waals surface area contributed by atoms with Crippen molar-refractivity contribution in [2.45, 2.75) is 9.79 Å². The van der Waals surface area contributed by atoms with Crippen LogP contribution in [0, 0.1) is 0 Å². The maximum atomic E-state index is 12.3. The topological polar surface area (TPSA) is 34.1 Å². The molecule has 5 heteroatoms. The molecule has 0 unspecified atom stereocenters. The molecule has 0 atom stereocenters. The third kappa shape index (κ3) is 2.44. The van der Waals surface area contributed by atoms with E-state index in [9.17, 15) is 8.42 Å². The summed E-state index contributed by atoms with van der Waals surface area (Å²) in [7, 11) is 0.493. The van der Waals surface area contributed by atoms with E-state index in [0.717, 1.165) is 10.9 Å². The molecule has 2 aromatic carbocycles. The molecule has 0 N–H and O–H groups in total. The van der Waals surface area contributed by atoms with Gasteiger partial charge in [-0.05, 0) is 24.3 Å². The van der Waals surface area contributed by atoms with Gasteiger partial charge in [0.2, 0.25) is 9.84 Å². The number of hydrogen-bond acceptors (Lipinski definition) is 2. The van der Waals surface area contributed by atoms with Crippen molar-refractivity contribution >= 4 is 36.5 Å². The van der Waals surface area contributed by atoms with Crippen molar-refractivity contribution < 1.29 is 8.42 Å². The first-order valence-corrected chi connectivity index (χ1v) is 6.87. The molecule has 0 aliphatic heterocycles. The van der Waals surface area contributed by atoms with Crippen molar-refractivity contribution in [3.05, 3.63) is 48.5 Å². The minimum Gasteiger partial charge on any atom is -0.219 e. The summed E-state index contributed by atoms with van der Waals surface area (Å²) >= 11 is 0. The second-order valence-electron chi connectivity index (χ2n) is 4.13. The molecule has 0 heterocycles. The van der Waals surface area contributed by atoms with Crippen LogP contribution in [0.4, 0.5) is 0 Å². The van der Waals surface area contributed by atoms with E-state index in [-0.39, 0.29) is 0 Å². The monoisotopic (exact) mass is 242 g/mol. The predicted molar refractivity (Wildman–Crippen MR) is 74.7 cm³/mol. The summed E-state index contributed by atoms with van der Waals surface area (Å²) in [5, 5.41) is 0. The molecule has 84 valence electrons. The van der Waals surface area contributed by atoms with Gasteiger partial charge in [-0.15, -0.1) is 0 Å². The molecule has 0 aliphatic carbocycles. The van der Waals surface area contributed by atoms with Gasteiger partial charge >= 0.3 is 0 Å². The van der Waals surface area contributed by atoms with Gasteiger partial charge in [0.15, 0.2) is 0 Å². The molecule has 0 saturated carbocycles. The quantitative estimate of drug-likeness (QED) is 0.635. The van der Waals surface area contributed by atoms with Gasteiger partial charge in [0, 0.05) is 0 Å². The zero-order valence-electron chi connectivity index (χ0n) is 9.84. The average Bonchev–Trinajstić information content (AvgIpc) is 2.30. The van der Waals surface area contributed by atoms with E-state index in [1.165, 1.54) is 0 Å². The minimum absolute atomic E-state index is 0.340. The third-order valence-corrected chi connectivity index (χ3v) is 4.45. The van der Waals surface area contributed by atoms with Crippen LogP contribution in [-0.2, 0) is 9.84 Å². The lowest BCUT2D eigenvalue weighted by Gasteiger charge is -2.05. The van der Waals surface area contributed by atoms with E-state index in [4.69, 9.17) is 0 Å². The molecule has 2 rings (SSSR count). The van der Waals surface area contributed by atoms with Crippen molar-refractivity contribution in [1.29, 1.82) is 0 Å². The molecule has 2 aromatic rings. The largest absolute Gasteiger partial charge is 0.219 e. The van der Waals surface area contributed by atoms with Crippen LogP contribution in [0.1, 0.15) is 0 Å². The first kappa shape index (κ1) is 12.0. The summed E-state index contributed by atoms with van der Waals surface area (Å²) in [4.78, 5) is 0.680. The van der Waals surface area contributed by atoms with E-state index >= 15 is 0 Å². The third-order valence-electron chi connectivity index (χ3n) is 2.66. The highest BCUT2D eigenvalue weighted by atomic mass is 32.2. The molecule has 0 bridgehead atoms. The van der Waals surface area contributed by atoms with Gasteiger partial charge in [-0.1, -0.05) is 35.2 Å². The SMILES string of the molecule is Bc1ccc(S(=O)(=O)c2ccc(B)cc2)cc1. The maximum absolute atomic E-state index is 12.3. The fourth-order valence-corrected chi connectivity index (χ4v) is 2.83. The standard InChI is InChI=1S/C12H12B2O2S/c13-9-1-5-11(6-2-9)17(15,16)12-7-3-10(14)4-8-12/h1-8H,13-14H2. The molecule has 17 heavy (non-hydrogen) atoms. The van der Waals surface area contributed by atoms with Crippen LogP contribution in [0.2, 0.25) is 0 Å². The Hall–Kier alpha value is -1.48. The molecule has 0 amide bonds. The van der Waals surface area contributed by atoms with Crippen molar-refractivity contribution in [3.8, 4) is 0 Å². The lowest BCUT2D eigenvalue weighted by molar-refractivity contribution is 0.596.